The highest BCUT2D eigenvalue weighted by molar-refractivity contribution is 5.74. The van der Waals surface area contributed by atoms with Crippen LogP contribution in [0.15, 0.2) is 54.6 Å². The van der Waals surface area contributed by atoms with Crippen molar-refractivity contribution in [2.75, 3.05) is 44.7 Å². The predicted molar refractivity (Wildman–Crippen MR) is 111 cm³/mol. The van der Waals surface area contributed by atoms with Gasteiger partial charge in [-0.15, -0.1) is 0 Å². The van der Waals surface area contributed by atoms with Crippen LogP contribution in [0.25, 0.3) is 0 Å². The summed E-state index contributed by atoms with van der Waals surface area (Å²) in [5.74, 6) is 0. The first kappa shape index (κ1) is 19.2. The number of benzene rings is 2. The van der Waals surface area contributed by atoms with E-state index in [9.17, 15) is 4.79 Å². The Morgan fingerprint density at radius 1 is 1.00 bits per heavy atom. The molecule has 27 heavy (non-hydrogen) atoms. The Morgan fingerprint density at radius 3 is 2.41 bits per heavy atom. The normalized spacial score (nSPS) is 14.5. The second kappa shape index (κ2) is 9.42. The molecule has 1 fully saturated rings. The lowest BCUT2D eigenvalue weighted by atomic mass is 10.1. The zero-order chi connectivity index (χ0) is 19.1. The molecule has 5 heteroatoms. The molecule has 3 rings (SSSR count). The second-order valence-electron chi connectivity index (χ2n) is 7.12. The third kappa shape index (κ3) is 5.47. The monoisotopic (exact) mass is 366 g/mol. The number of amides is 2. The molecule has 0 spiro atoms. The van der Waals surface area contributed by atoms with Crippen LogP contribution in [0.4, 0.5) is 10.5 Å². The molecule has 0 bridgehead atoms. The fraction of sp³-hybridized carbons (Fsp3) is 0.409. The summed E-state index contributed by atoms with van der Waals surface area (Å²) in [6, 6.07) is 18.9. The number of hydrogen-bond acceptors (Lipinski definition) is 3. The maximum Gasteiger partial charge on any atom is 0.317 e. The van der Waals surface area contributed by atoms with Gasteiger partial charge in [-0.05, 0) is 36.9 Å². The molecular formula is C22H30N4O. The van der Waals surface area contributed by atoms with Gasteiger partial charge in [-0.3, -0.25) is 0 Å². The van der Waals surface area contributed by atoms with E-state index in [4.69, 9.17) is 0 Å². The van der Waals surface area contributed by atoms with E-state index in [0.717, 1.165) is 44.8 Å². The molecule has 1 N–H and O–H groups in total. The third-order valence-electron chi connectivity index (χ3n) is 5.12. The molecular weight excluding hydrogens is 336 g/mol. The van der Waals surface area contributed by atoms with Crippen molar-refractivity contribution in [3.05, 3.63) is 65.7 Å². The fourth-order valence-corrected chi connectivity index (χ4v) is 3.36. The number of anilines is 1. The van der Waals surface area contributed by atoms with Crippen molar-refractivity contribution in [1.29, 1.82) is 0 Å². The van der Waals surface area contributed by atoms with Gasteiger partial charge in [-0.1, -0.05) is 49.4 Å². The second-order valence-corrected chi connectivity index (χ2v) is 7.12. The standard InChI is InChI=1S/C22H30N4O/c1-3-24(2)18-20-9-7-8-19(16-20)17-23-22(27)26-14-12-25(13-15-26)21-10-5-4-6-11-21/h4-11,16H,3,12-15,17-18H2,1-2H3,(H,23,27). The van der Waals surface area contributed by atoms with Crippen LogP contribution in [0, 0.1) is 0 Å². The maximum absolute atomic E-state index is 12.5. The average molecular weight is 367 g/mol. The van der Waals surface area contributed by atoms with E-state index in [2.05, 4.69) is 77.6 Å². The Morgan fingerprint density at radius 2 is 1.70 bits per heavy atom. The molecule has 2 aromatic rings. The molecule has 1 aliphatic rings. The Hall–Kier alpha value is -2.53. The smallest absolute Gasteiger partial charge is 0.317 e. The quantitative estimate of drug-likeness (QED) is 0.853. The highest BCUT2D eigenvalue weighted by Crippen LogP contribution is 2.15. The first-order chi connectivity index (χ1) is 13.2. The first-order valence-electron chi connectivity index (χ1n) is 9.75. The van der Waals surface area contributed by atoms with Crippen molar-refractivity contribution >= 4 is 11.7 Å². The predicted octanol–water partition coefficient (Wildman–Crippen LogP) is 3.17. The van der Waals surface area contributed by atoms with Crippen LogP contribution < -0.4 is 10.2 Å². The minimum absolute atomic E-state index is 0.0267. The van der Waals surface area contributed by atoms with Crippen molar-refractivity contribution < 1.29 is 4.79 Å². The highest BCUT2D eigenvalue weighted by atomic mass is 16.2. The van der Waals surface area contributed by atoms with Gasteiger partial charge in [0.2, 0.25) is 0 Å². The molecule has 1 saturated heterocycles. The molecule has 0 unspecified atom stereocenters. The first-order valence-corrected chi connectivity index (χ1v) is 9.75. The zero-order valence-electron chi connectivity index (χ0n) is 16.4. The van der Waals surface area contributed by atoms with Gasteiger partial charge in [0.05, 0.1) is 0 Å². The summed E-state index contributed by atoms with van der Waals surface area (Å²) in [5.41, 5.74) is 3.65. The third-order valence-corrected chi connectivity index (χ3v) is 5.12. The van der Waals surface area contributed by atoms with Gasteiger partial charge < -0.3 is 20.0 Å². The summed E-state index contributed by atoms with van der Waals surface area (Å²) in [6.07, 6.45) is 0. The Kier molecular flexibility index (Phi) is 6.71. The molecule has 0 aliphatic carbocycles. The van der Waals surface area contributed by atoms with Crippen molar-refractivity contribution in [1.82, 2.24) is 15.1 Å². The van der Waals surface area contributed by atoms with Crippen molar-refractivity contribution in [2.24, 2.45) is 0 Å². The number of nitrogens with zero attached hydrogens (tertiary/aromatic N) is 3. The number of piperazine rings is 1. The van der Waals surface area contributed by atoms with E-state index in [-0.39, 0.29) is 6.03 Å². The molecule has 5 nitrogen and oxygen atoms in total. The zero-order valence-corrected chi connectivity index (χ0v) is 16.4. The van der Waals surface area contributed by atoms with E-state index in [1.165, 1.54) is 11.3 Å². The van der Waals surface area contributed by atoms with E-state index in [1.54, 1.807) is 0 Å². The van der Waals surface area contributed by atoms with E-state index >= 15 is 0 Å². The van der Waals surface area contributed by atoms with Gasteiger partial charge >= 0.3 is 6.03 Å². The number of nitrogens with one attached hydrogen (secondary N) is 1. The molecule has 0 radical (unpaired) electrons. The highest BCUT2D eigenvalue weighted by Gasteiger charge is 2.20. The number of urea groups is 1. The molecule has 0 aromatic heterocycles. The van der Waals surface area contributed by atoms with Crippen LogP contribution >= 0.6 is 0 Å². The van der Waals surface area contributed by atoms with E-state index < -0.39 is 0 Å². The summed E-state index contributed by atoms with van der Waals surface area (Å²) in [6.45, 7) is 7.93. The van der Waals surface area contributed by atoms with Gasteiger partial charge in [-0.25, -0.2) is 4.79 Å². The van der Waals surface area contributed by atoms with Crippen LogP contribution in [0.3, 0.4) is 0 Å². The van der Waals surface area contributed by atoms with Crippen molar-refractivity contribution in [3.63, 3.8) is 0 Å². The van der Waals surface area contributed by atoms with Gasteiger partial charge in [-0.2, -0.15) is 0 Å². The Bertz CT molecular complexity index is 726. The number of hydrogen-bond donors (Lipinski definition) is 1. The molecule has 144 valence electrons. The van der Waals surface area contributed by atoms with Crippen LogP contribution in [0.1, 0.15) is 18.1 Å². The lowest BCUT2D eigenvalue weighted by molar-refractivity contribution is 0.194. The summed E-state index contributed by atoms with van der Waals surface area (Å²) < 4.78 is 0. The Balaban J connectivity index is 1.47. The van der Waals surface area contributed by atoms with E-state index in [0.29, 0.717) is 6.54 Å². The summed E-state index contributed by atoms with van der Waals surface area (Å²) in [7, 11) is 2.11. The van der Waals surface area contributed by atoms with Crippen LogP contribution in [0.5, 0.6) is 0 Å². The van der Waals surface area contributed by atoms with Gasteiger partial charge in [0.15, 0.2) is 0 Å². The maximum atomic E-state index is 12.5. The molecule has 0 atom stereocenters. The molecule has 1 heterocycles. The lowest BCUT2D eigenvalue weighted by Crippen LogP contribution is -2.51. The lowest BCUT2D eigenvalue weighted by Gasteiger charge is -2.36. The van der Waals surface area contributed by atoms with Gasteiger partial charge in [0.25, 0.3) is 0 Å². The number of para-hydroxylation sites is 1. The van der Waals surface area contributed by atoms with Crippen LogP contribution in [-0.2, 0) is 13.1 Å². The molecule has 2 amide bonds. The van der Waals surface area contributed by atoms with Crippen molar-refractivity contribution in [2.45, 2.75) is 20.0 Å². The Labute approximate surface area is 162 Å². The van der Waals surface area contributed by atoms with Crippen LogP contribution in [-0.4, -0.2) is 55.6 Å². The minimum Gasteiger partial charge on any atom is -0.368 e. The number of rotatable bonds is 6. The SMILES string of the molecule is CCN(C)Cc1cccc(CNC(=O)N2CCN(c3ccccc3)CC2)c1. The molecule has 1 aliphatic heterocycles. The minimum atomic E-state index is 0.0267. The number of carbonyl (C=O) groups is 1. The number of carbonyl (C=O) groups excluding carboxylic acids is 1. The average Bonchev–Trinajstić information content (AvgIpc) is 2.73. The van der Waals surface area contributed by atoms with Gasteiger partial charge in [0, 0.05) is 45.0 Å². The largest absolute Gasteiger partial charge is 0.368 e. The summed E-state index contributed by atoms with van der Waals surface area (Å²) in [4.78, 5) is 19.0. The fourth-order valence-electron chi connectivity index (χ4n) is 3.36. The van der Waals surface area contributed by atoms with Crippen molar-refractivity contribution in [3.8, 4) is 0 Å². The van der Waals surface area contributed by atoms with E-state index in [1.807, 2.05) is 11.0 Å². The molecule has 2 aromatic carbocycles. The van der Waals surface area contributed by atoms with Gasteiger partial charge in [0.1, 0.15) is 0 Å². The summed E-state index contributed by atoms with van der Waals surface area (Å²) >= 11 is 0. The topological polar surface area (TPSA) is 38.8 Å². The summed E-state index contributed by atoms with van der Waals surface area (Å²) in [5, 5.41) is 3.07. The molecule has 0 saturated carbocycles. The van der Waals surface area contributed by atoms with Crippen LogP contribution in [0.2, 0.25) is 0 Å².